The Bertz CT molecular complexity index is 34.4. The predicted molar refractivity (Wildman–Crippen MR) is 36.5 cm³/mol. The largest absolute Gasteiger partial charge is 0.356 e. The molecule has 40 valence electrons. The van der Waals surface area contributed by atoms with Crippen LogP contribution in [-0.2, 0) is 7.80 Å². The molecule has 0 fully saturated rings. The van der Waals surface area contributed by atoms with Gasteiger partial charge in [-0.1, -0.05) is 0 Å². The fraction of sp³-hybridized carbons (Fsp3) is 1.00. The van der Waals surface area contributed by atoms with Crippen LogP contribution in [0.15, 0.2) is 0 Å². The van der Waals surface area contributed by atoms with Crippen LogP contribution in [0.3, 0.4) is 0 Å². The van der Waals surface area contributed by atoms with Gasteiger partial charge < -0.3 is 4.74 Å². The van der Waals surface area contributed by atoms with E-state index in [4.69, 9.17) is 12.6 Å². The van der Waals surface area contributed by atoms with E-state index in [-0.39, 0.29) is 6.29 Å². The number of halogens is 1. The van der Waals surface area contributed by atoms with Crippen molar-refractivity contribution >= 4 is 30.9 Å². The summed E-state index contributed by atoms with van der Waals surface area (Å²) >= 11 is 1.74. The van der Waals surface area contributed by atoms with Gasteiger partial charge in [-0.3, -0.25) is 3.07 Å². The van der Waals surface area contributed by atoms with Gasteiger partial charge in [-0.05, 0) is 6.32 Å². The molecule has 0 bridgehead atoms. The second kappa shape index (κ2) is 4.86. The van der Waals surface area contributed by atoms with Crippen LogP contribution in [0, 0.1) is 0 Å². The van der Waals surface area contributed by atoms with Crippen LogP contribution < -0.4 is 0 Å². The molecule has 1 atom stereocenters. The van der Waals surface area contributed by atoms with Gasteiger partial charge in [0.15, 0.2) is 6.29 Å². The van der Waals surface area contributed by atoms with Crippen molar-refractivity contribution in [2.75, 3.05) is 7.11 Å². The molecule has 7 heavy (non-hydrogen) atoms. The van der Waals surface area contributed by atoms with Crippen molar-refractivity contribution in [2.24, 2.45) is 0 Å². The smallest absolute Gasteiger partial charge is 0.160 e. The molecule has 0 aromatic heterocycles. The summed E-state index contributed by atoms with van der Waals surface area (Å²) < 4.78 is 9.37. The van der Waals surface area contributed by atoms with Gasteiger partial charge >= 0.3 is 0 Å². The molecule has 0 heterocycles. The monoisotopic (exact) mass is 212 g/mol. The Morgan fingerprint density at radius 1 is 1.86 bits per heavy atom. The first-order valence-corrected chi connectivity index (χ1v) is 2.73. The molecule has 0 aromatic carbocycles. The second-order valence-corrected chi connectivity index (χ2v) is 1.50. The molecule has 0 spiro atoms. The van der Waals surface area contributed by atoms with Crippen LogP contribution in [0.2, 0.25) is 6.32 Å². The average Bonchev–Trinajstić information content (AvgIpc) is 1.72. The molecule has 0 aromatic rings. The van der Waals surface area contributed by atoms with Gasteiger partial charge in [0.25, 0.3) is 0 Å². The maximum absolute atomic E-state index is 5.14. The van der Waals surface area contributed by atoms with Crippen LogP contribution in [-0.4, -0.2) is 21.2 Å². The van der Waals surface area contributed by atoms with Crippen molar-refractivity contribution in [3.05, 3.63) is 0 Å². The highest BCUT2D eigenvalue weighted by atomic mass is 127. The molecule has 0 aliphatic carbocycles. The molecule has 0 saturated carbocycles. The fourth-order valence-electron chi connectivity index (χ4n) is 0.169. The van der Waals surface area contributed by atoms with E-state index in [1.54, 1.807) is 30.1 Å². The van der Waals surface area contributed by atoms with E-state index >= 15 is 0 Å². The van der Waals surface area contributed by atoms with Crippen LogP contribution in [0.5, 0.6) is 0 Å². The molecule has 4 heteroatoms. The van der Waals surface area contributed by atoms with Crippen molar-refractivity contribution in [2.45, 2.75) is 12.6 Å². The highest BCUT2D eigenvalue weighted by molar-refractivity contribution is 14.1. The standard InChI is InChI=1S/C3H6BIO2/c1-6-3(2-4)7-5/h3H,2H2,1H3. The van der Waals surface area contributed by atoms with E-state index < -0.39 is 0 Å². The number of hydrogen-bond donors (Lipinski definition) is 0. The Morgan fingerprint density at radius 3 is 2.43 bits per heavy atom. The summed E-state index contributed by atoms with van der Waals surface area (Å²) in [5.74, 6) is 0. The highest BCUT2D eigenvalue weighted by Crippen LogP contribution is 2.00. The third kappa shape index (κ3) is 3.31. The van der Waals surface area contributed by atoms with Crippen LogP contribution in [0.25, 0.3) is 0 Å². The molecule has 0 amide bonds. The highest BCUT2D eigenvalue weighted by Gasteiger charge is 1.97. The van der Waals surface area contributed by atoms with Gasteiger partial charge in [0.1, 0.15) is 23.0 Å². The summed E-state index contributed by atoms with van der Waals surface area (Å²) in [6.07, 6.45) is 0.153. The zero-order chi connectivity index (χ0) is 5.70. The summed E-state index contributed by atoms with van der Waals surface area (Å²) in [6.45, 7) is 0. The van der Waals surface area contributed by atoms with Gasteiger partial charge in [0.05, 0.1) is 7.85 Å². The Balaban J connectivity index is 2.99. The van der Waals surface area contributed by atoms with E-state index in [1.807, 2.05) is 0 Å². The van der Waals surface area contributed by atoms with E-state index in [0.29, 0.717) is 6.32 Å². The Hall–Kier alpha value is 0.715. The molecular formula is C3H6BIO2. The van der Waals surface area contributed by atoms with Gasteiger partial charge in [-0.15, -0.1) is 0 Å². The van der Waals surface area contributed by atoms with Gasteiger partial charge in [-0.2, -0.15) is 0 Å². The van der Waals surface area contributed by atoms with Gasteiger partial charge in [0.2, 0.25) is 0 Å². The molecule has 2 nitrogen and oxygen atoms in total. The lowest BCUT2D eigenvalue weighted by Gasteiger charge is -2.06. The van der Waals surface area contributed by atoms with Gasteiger partial charge in [0, 0.05) is 7.11 Å². The van der Waals surface area contributed by atoms with Crippen molar-refractivity contribution in [3.63, 3.8) is 0 Å². The molecule has 2 radical (unpaired) electrons. The molecule has 1 unspecified atom stereocenters. The summed E-state index contributed by atoms with van der Waals surface area (Å²) in [5, 5.41) is 0. The lowest BCUT2D eigenvalue weighted by atomic mass is 10.1. The lowest BCUT2D eigenvalue weighted by Crippen LogP contribution is -2.07. The molecule has 0 aliphatic rings. The minimum Gasteiger partial charge on any atom is -0.356 e. The summed E-state index contributed by atoms with van der Waals surface area (Å²) in [6, 6.07) is 0. The van der Waals surface area contributed by atoms with Crippen LogP contribution in [0.4, 0.5) is 0 Å². The minimum atomic E-state index is -0.249. The van der Waals surface area contributed by atoms with E-state index in [0.717, 1.165) is 0 Å². The van der Waals surface area contributed by atoms with E-state index in [1.165, 1.54) is 0 Å². The van der Waals surface area contributed by atoms with E-state index in [9.17, 15) is 0 Å². The third-order valence-corrected chi connectivity index (χ3v) is 1.12. The molecule has 0 N–H and O–H groups in total. The average molecular weight is 212 g/mol. The Kier molecular flexibility index (Phi) is 5.36. The second-order valence-electron chi connectivity index (χ2n) is 0.990. The zero-order valence-corrected chi connectivity index (χ0v) is 6.21. The number of rotatable bonds is 3. The topological polar surface area (TPSA) is 18.5 Å². The predicted octanol–water partition coefficient (Wildman–Crippen LogP) is 0.912. The SMILES string of the molecule is [B]CC(OC)OI. The van der Waals surface area contributed by atoms with Crippen molar-refractivity contribution in [1.82, 2.24) is 0 Å². The first kappa shape index (κ1) is 7.71. The molecular weight excluding hydrogens is 206 g/mol. The normalized spacial score (nSPS) is 14.0. The van der Waals surface area contributed by atoms with Crippen molar-refractivity contribution in [3.8, 4) is 0 Å². The summed E-state index contributed by atoms with van der Waals surface area (Å²) in [7, 11) is 6.69. The first-order chi connectivity index (χ1) is 3.35. The van der Waals surface area contributed by atoms with Crippen molar-refractivity contribution in [1.29, 1.82) is 0 Å². The first-order valence-electron chi connectivity index (χ1n) is 1.85. The maximum atomic E-state index is 5.14. The van der Waals surface area contributed by atoms with Crippen LogP contribution >= 0.6 is 23.0 Å². The van der Waals surface area contributed by atoms with E-state index in [2.05, 4.69) is 3.07 Å². The van der Waals surface area contributed by atoms with Crippen molar-refractivity contribution < 1.29 is 7.80 Å². The Morgan fingerprint density at radius 2 is 2.43 bits per heavy atom. The molecule has 0 aliphatic heterocycles. The number of methoxy groups -OCH3 is 1. The fourth-order valence-corrected chi connectivity index (χ4v) is 0.584. The summed E-state index contributed by atoms with van der Waals surface area (Å²) in [5.41, 5.74) is 0. The van der Waals surface area contributed by atoms with Crippen LogP contribution in [0.1, 0.15) is 0 Å². The quantitative estimate of drug-likeness (QED) is 0.393. The maximum Gasteiger partial charge on any atom is 0.160 e. The lowest BCUT2D eigenvalue weighted by molar-refractivity contribution is -0.00794. The number of ether oxygens (including phenoxy) is 1. The molecule has 0 saturated heterocycles. The zero-order valence-electron chi connectivity index (χ0n) is 4.06. The minimum absolute atomic E-state index is 0.249. The summed E-state index contributed by atoms with van der Waals surface area (Å²) in [4.78, 5) is 0. The number of hydrogen-bond acceptors (Lipinski definition) is 2. The molecule has 0 rings (SSSR count). The van der Waals surface area contributed by atoms with Gasteiger partial charge in [-0.25, -0.2) is 0 Å². The third-order valence-electron chi connectivity index (χ3n) is 0.555. The Labute approximate surface area is 58.7 Å².